The molecule has 170 valence electrons. The number of carbonyl (C=O) groups is 3. The molecule has 0 unspecified atom stereocenters. The van der Waals surface area contributed by atoms with Crippen LogP contribution in [0.4, 0.5) is 0 Å². The number of hydrogen-bond donors (Lipinski definition) is 1. The Labute approximate surface area is 184 Å². The molecule has 6 nitrogen and oxygen atoms in total. The number of rotatable bonds is 3. The van der Waals surface area contributed by atoms with Crippen LogP contribution >= 0.6 is 0 Å². The largest absolute Gasteiger partial charge is 0.481 e. The molecule has 0 bridgehead atoms. The average molecular weight is 430 g/mol. The van der Waals surface area contributed by atoms with Crippen molar-refractivity contribution >= 4 is 17.7 Å². The fraction of sp³-hybridized carbons (Fsp3) is 0.720. The first kappa shape index (κ1) is 22.1. The number of methoxy groups -OCH3 is 1. The molecule has 0 amide bonds. The fourth-order valence-corrected chi connectivity index (χ4v) is 7.52. The van der Waals surface area contributed by atoms with Gasteiger partial charge in [-0.15, -0.1) is 0 Å². The van der Waals surface area contributed by atoms with Crippen molar-refractivity contribution in [2.75, 3.05) is 13.7 Å². The van der Waals surface area contributed by atoms with Crippen molar-refractivity contribution in [2.24, 2.45) is 34.5 Å². The van der Waals surface area contributed by atoms with Gasteiger partial charge in [0.25, 0.3) is 0 Å². The van der Waals surface area contributed by atoms with E-state index in [-0.39, 0.29) is 46.9 Å². The topological polar surface area (TPSA) is 83.9 Å². The molecule has 6 heteroatoms. The van der Waals surface area contributed by atoms with Gasteiger partial charge >= 0.3 is 11.9 Å². The minimum atomic E-state index is -0.835. The molecule has 6 atom stereocenters. The maximum absolute atomic E-state index is 12.7. The maximum atomic E-state index is 12.7. The smallest absolute Gasteiger partial charge is 0.309 e. The van der Waals surface area contributed by atoms with Crippen LogP contribution in [0.25, 0.3) is 0 Å². The van der Waals surface area contributed by atoms with Crippen molar-refractivity contribution in [3.8, 4) is 0 Å². The molecule has 31 heavy (non-hydrogen) atoms. The number of aliphatic carboxylic acids is 1. The molecular formula is C25H35NO5. The summed E-state index contributed by atoms with van der Waals surface area (Å²) in [4.78, 5) is 39.3. The summed E-state index contributed by atoms with van der Waals surface area (Å²) in [7, 11) is 1.40. The lowest BCUT2D eigenvalue weighted by Gasteiger charge is -2.62. The Bertz CT molecular complexity index is 868. The Kier molecular flexibility index (Phi) is 5.14. The van der Waals surface area contributed by atoms with Crippen LogP contribution in [0, 0.1) is 34.5 Å². The number of esters is 1. The van der Waals surface area contributed by atoms with Crippen molar-refractivity contribution in [3.63, 3.8) is 0 Å². The molecule has 3 fully saturated rings. The van der Waals surface area contributed by atoms with Gasteiger partial charge in [-0.05, 0) is 75.7 Å². The van der Waals surface area contributed by atoms with Crippen molar-refractivity contribution in [1.29, 1.82) is 0 Å². The van der Waals surface area contributed by atoms with Crippen LogP contribution in [0.5, 0.6) is 0 Å². The van der Waals surface area contributed by atoms with E-state index >= 15 is 0 Å². The number of allylic oxidation sites excluding steroid dienone is 3. The van der Waals surface area contributed by atoms with Crippen LogP contribution in [0.3, 0.4) is 0 Å². The standard InChI is InChI=1S/C25H35NO5/c1-23(2,3)26-14-16-17(24(4)10-8-15(27)12-20(24)26)9-11-25(13-21(28)29)18(16)6-7-19(25)22(30)31-5/h8,10,12,16-19H,6-7,9,11,13-14H2,1-5H3,(H,28,29)/t16-,17+,18+,19-,24-,25-/m1/s1. The number of carboxylic acids is 1. The predicted octanol–water partition coefficient (Wildman–Crippen LogP) is 3.82. The second-order valence-corrected chi connectivity index (χ2v) is 11.2. The van der Waals surface area contributed by atoms with E-state index in [2.05, 4.69) is 38.7 Å². The number of fused-ring (bicyclic) bond motifs is 5. The van der Waals surface area contributed by atoms with E-state index < -0.39 is 11.4 Å². The third-order valence-electron chi connectivity index (χ3n) is 8.81. The number of ketones is 1. The van der Waals surface area contributed by atoms with Gasteiger partial charge in [0.2, 0.25) is 0 Å². The first-order valence-electron chi connectivity index (χ1n) is 11.5. The number of ether oxygens (including phenoxy) is 1. The van der Waals surface area contributed by atoms with Crippen LogP contribution in [-0.4, -0.2) is 46.9 Å². The van der Waals surface area contributed by atoms with E-state index in [0.29, 0.717) is 18.8 Å². The van der Waals surface area contributed by atoms with E-state index in [0.717, 1.165) is 25.1 Å². The summed E-state index contributed by atoms with van der Waals surface area (Å²) in [5, 5.41) is 9.80. The first-order valence-corrected chi connectivity index (χ1v) is 11.5. The molecule has 1 aliphatic heterocycles. The molecule has 0 radical (unpaired) electrons. The fourth-order valence-electron chi connectivity index (χ4n) is 7.52. The highest BCUT2D eigenvalue weighted by atomic mass is 16.5. The molecule has 0 aromatic carbocycles. The molecule has 3 aliphatic carbocycles. The lowest BCUT2D eigenvalue weighted by molar-refractivity contribution is -0.160. The number of hydrogen-bond acceptors (Lipinski definition) is 5. The lowest BCUT2D eigenvalue weighted by Crippen LogP contribution is -2.61. The molecule has 2 saturated carbocycles. The number of nitrogens with zero attached hydrogens (tertiary/aromatic N) is 1. The van der Waals surface area contributed by atoms with Gasteiger partial charge in [-0.1, -0.05) is 13.0 Å². The summed E-state index contributed by atoms with van der Waals surface area (Å²) in [6.07, 6.45) is 8.70. The van der Waals surface area contributed by atoms with E-state index in [1.54, 1.807) is 12.2 Å². The molecule has 1 heterocycles. The molecule has 0 spiro atoms. The van der Waals surface area contributed by atoms with Crippen molar-refractivity contribution in [3.05, 3.63) is 23.9 Å². The minimum absolute atomic E-state index is 0.0178. The third kappa shape index (κ3) is 3.25. The average Bonchev–Trinajstić information content (AvgIpc) is 3.05. The highest BCUT2D eigenvalue weighted by Gasteiger charge is 2.64. The van der Waals surface area contributed by atoms with Crippen LogP contribution < -0.4 is 0 Å². The summed E-state index contributed by atoms with van der Waals surface area (Å²) >= 11 is 0. The monoisotopic (exact) mass is 429 g/mol. The number of likely N-dealkylation sites (tertiary alicyclic amines) is 1. The summed E-state index contributed by atoms with van der Waals surface area (Å²) in [6.45, 7) is 9.51. The van der Waals surface area contributed by atoms with Crippen molar-refractivity contribution in [2.45, 2.75) is 65.3 Å². The molecule has 0 aromatic heterocycles. The summed E-state index contributed by atoms with van der Waals surface area (Å²) < 4.78 is 5.12. The van der Waals surface area contributed by atoms with Gasteiger partial charge in [0.05, 0.1) is 19.4 Å². The zero-order valence-electron chi connectivity index (χ0n) is 19.3. The van der Waals surface area contributed by atoms with Gasteiger partial charge in [-0.3, -0.25) is 14.4 Å². The maximum Gasteiger partial charge on any atom is 0.309 e. The SMILES string of the molecule is COC(=O)[C@H]1CC[C@H]2[C@@H]3CN(C(C)(C)C)C4=CC(=O)C=C[C@]4(C)[C@H]3CC[C@]12CC(=O)O. The zero-order chi connectivity index (χ0) is 22.8. The van der Waals surface area contributed by atoms with E-state index in [1.165, 1.54) is 7.11 Å². The van der Waals surface area contributed by atoms with Crippen molar-refractivity contribution in [1.82, 2.24) is 4.90 Å². The predicted molar refractivity (Wildman–Crippen MR) is 116 cm³/mol. The van der Waals surface area contributed by atoms with Gasteiger partial charge in [0.1, 0.15) is 0 Å². The summed E-state index contributed by atoms with van der Waals surface area (Å²) in [5.41, 5.74) is 0.108. The quantitative estimate of drug-likeness (QED) is 0.687. The zero-order valence-corrected chi connectivity index (χ0v) is 19.3. The van der Waals surface area contributed by atoms with Crippen molar-refractivity contribution < 1.29 is 24.2 Å². The van der Waals surface area contributed by atoms with Crippen LogP contribution in [-0.2, 0) is 19.1 Å². The summed E-state index contributed by atoms with van der Waals surface area (Å²) in [6, 6.07) is 0. The second-order valence-electron chi connectivity index (χ2n) is 11.2. The summed E-state index contributed by atoms with van der Waals surface area (Å²) in [5.74, 6) is -0.676. The molecular weight excluding hydrogens is 394 g/mol. The van der Waals surface area contributed by atoms with Gasteiger partial charge in [-0.25, -0.2) is 0 Å². The first-order chi connectivity index (χ1) is 14.4. The second kappa shape index (κ2) is 7.21. The third-order valence-corrected chi connectivity index (χ3v) is 8.81. The van der Waals surface area contributed by atoms with Crippen LogP contribution in [0.2, 0.25) is 0 Å². The lowest BCUT2D eigenvalue weighted by atomic mass is 9.49. The Morgan fingerprint density at radius 1 is 1.23 bits per heavy atom. The van der Waals surface area contributed by atoms with Gasteiger partial charge in [0, 0.05) is 29.3 Å². The number of carboxylic acid groups (broad SMARTS) is 1. The van der Waals surface area contributed by atoms with E-state index in [1.807, 2.05) is 0 Å². The van der Waals surface area contributed by atoms with E-state index in [4.69, 9.17) is 4.74 Å². The Hall–Kier alpha value is -2.11. The van der Waals surface area contributed by atoms with Crippen LogP contribution in [0.1, 0.15) is 59.8 Å². The molecule has 1 saturated heterocycles. The van der Waals surface area contributed by atoms with Gasteiger partial charge < -0.3 is 14.7 Å². The molecule has 4 aliphatic rings. The molecule has 4 rings (SSSR count). The minimum Gasteiger partial charge on any atom is -0.481 e. The van der Waals surface area contributed by atoms with E-state index in [9.17, 15) is 19.5 Å². The highest BCUT2D eigenvalue weighted by molar-refractivity contribution is 6.01. The Morgan fingerprint density at radius 2 is 1.94 bits per heavy atom. The molecule has 0 aromatic rings. The van der Waals surface area contributed by atoms with Crippen LogP contribution in [0.15, 0.2) is 23.9 Å². The molecule has 1 N–H and O–H groups in total. The highest BCUT2D eigenvalue weighted by Crippen LogP contribution is 2.66. The number of piperidine rings is 1. The normalized spacial score (nSPS) is 39.3. The Morgan fingerprint density at radius 3 is 2.55 bits per heavy atom. The van der Waals surface area contributed by atoms with Gasteiger partial charge in [0.15, 0.2) is 5.78 Å². The van der Waals surface area contributed by atoms with Gasteiger partial charge in [-0.2, -0.15) is 0 Å². The Balaban J connectivity index is 1.80. The number of carbonyl (C=O) groups excluding carboxylic acids is 2.